The molecule has 0 unspecified atom stereocenters. The highest BCUT2D eigenvalue weighted by atomic mass is 35.5. The third-order valence-electron chi connectivity index (χ3n) is 5.08. The Labute approximate surface area is 199 Å². The van der Waals surface area contributed by atoms with Gasteiger partial charge in [-0.15, -0.1) is 11.3 Å². The van der Waals surface area contributed by atoms with Gasteiger partial charge in [0.15, 0.2) is 4.80 Å². The molecule has 1 aliphatic rings. The lowest BCUT2D eigenvalue weighted by molar-refractivity contribution is 0.0857. The van der Waals surface area contributed by atoms with E-state index < -0.39 is 5.91 Å². The summed E-state index contributed by atoms with van der Waals surface area (Å²) in [7, 11) is 0. The highest BCUT2D eigenvalue weighted by Crippen LogP contribution is 2.21. The molecule has 1 N–H and O–H groups in total. The topological polar surface area (TPSA) is 72.7 Å². The zero-order chi connectivity index (χ0) is 22.5. The Morgan fingerprint density at radius 1 is 1.22 bits per heavy atom. The SMILES string of the molecule is O=C(NC[C@H]1CCCO1)c1cccc(Cn2ccsc2=NC(=O)c2ccc(Cl)cc2Cl)c1. The van der Waals surface area contributed by atoms with Gasteiger partial charge in [0.1, 0.15) is 0 Å². The number of thiazole rings is 1. The van der Waals surface area contributed by atoms with E-state index in [1.165, 1.54) is 17.4 Å². The molecule has 0 spiro atoms. The van der Waals surface area contributed by atoms with Crippen LogP contribution in [0.3, 0.4) is 0 Å². The van der Waals surface area contributed by atoms with E-state index in [1.807, 2.05) is 34.3 Å². The number of carbonyl (C=O) groups excluding carboxylic acids is 2. The van der Waals surface area contributed by atoms with Gasteiger partial charge in [0.2, 0.25) is 0 Å². The van der Waals surface area contributed by atoms with Crippen LogP contribution >= 0.6 is 34.5 Å². The highest BCUT2D eigenvalue weighted by molar-refractivity contribution is 7.07. The van der Waals surface area contributed by atoms with Crippen molar-refractivity contribution < 1.29 is 14.3 Å². The molecule has 32 heavy (non-hydrogen) atoms. The molecular weight excluding hydrogens is 469 g/mol. The van der Waals surface area contributed by atoms with Gasteiger partial charge in [-0.3, -0.25) is 9.59 Å². The molecule has 0 saturated carbocycles. The van der Waals surface area contributed by atoms with E-state index in [9.17, 15) is 9.59 Å². The maximum Gasteiger partial charge on any atom is 0.281 e. The van der Waals surface area contributed by atoms with Crippen LogP contribution in [0.2, 0.25) is 10.0 Å². The van der Waals surface area contributed by atoms with Gasteiger partial charge < -0.3 is 14.6 Å². The smallest absolute Gasteiger partial charge is 0.281 e. The lowest BCUT2D eigenvalue weighted by Gasteiger charge is -2.11. The van der Waals surface area contributed by atoms with Crippen molar-refractivity contribution in [1.29, 1.82) is 0 Å². The number of hydrogen-bond donors (Lipinski definition) is 1. The largest absolute Gasteiger partial charge is 0.376 e. The molecule has 0 aliphatic carbocycles. The van der Waals surface area contributed by atoms with E-state index in [2.05, 4.69) is 10.3 Å². The van der Waals surface area contributed by atoms with Gasteiger partial charge in [-0.2, -0.15) is 4.99 Å². The number of aromatic nitrogens is 1. The van der Waals surface area contributed by atoms with E-state index in [1.54, 1.807) is 18.2 Å². The van der Waals surface area contributed by atoms with Crippen molar-refractivity contribution in [3.63, 3.8) is 0 Å². The summed E-state index contributed by atoms with van der Waals surface area (Å²) in [5.41, 5.74) is 1.80. The fraction of sp³-hybridized carbons (Fsp3) is 0.261. The van der Waals surface area contributed by atoms with Crippen molar-refractivity contribution >= 4 is 46.4 Å². The lowest BCUT2D eigenvalue weighted by atomic mass is 10.1. The van der Waals surface area contributed by atoms with E-state index >= 15 is 0 Å². The number of benzene rings is 2. The third-order valence-corrected chi connectivity index (χ3v) is 6.42. The summed E-state index contributed by atoms with van der Waals surface area (Å²) in [6.45, 7) is 1.74. The number of nitrogens with one attached hydrogen (secondary N) is 1. The second-order valence-electron chi connectivity index (χ2n) is 7.40. The van der Waals surface area contributed by atoms with Gasteiger partial charge in [0.05, 0.1) is 16.7 Å². The summed E-state index contributed by atoms with van der Waals surface area (Å²) in [6, 6.07) is 12.1. The van der Waals surface area contributed by atoms with Crippen LogP contribution in [0.1, 0.15) is 39.1 Å². The standard InChI is InChI=1S/C23H21Cl2N3O3S/c24-17-6-7-19(20(25)12-17)22(30)27-23-28(8-10-32-23)14-15-3-1-4-16(11-15)21(29)26-13-18-5-2-9-31-18/h1,3-4,6-8,10-12,18H,2,5,9,13-14H2,(H,26,29)/t18-/m1/s1. The van der Waals surface area contributed by atoms with Crippen LogP contribution in [-0.4, -0.2) is 35.6 Å². The molecule has 1 atom stereocenters. The molecule has 1 fully saturated rings. The maximum absolute atomic E-state index is 12.6. The monoisotopic (exact) mass is 489 g/mol. The molecule has 2 aromatic carbocycles. The summed E-state index contributed by atoms with van der Waals surface area (Å²) >= 11 is 13.4. The molecule has 2 heterocycles. The van der Waals surface area contributed by atoms with Crippen molar-refractivity contribution in [2.24, 2.45) is 4.99 Å². The molecule has 166 valence electrons. The quantitative estimate of drug-likeness (QED) is 0.551. The number of carbonyl (C=O) groups is 2. The summed E-state index contributed by atoms with van der Waals surface area (Å²) in [5.74, 6) is -0.569. The number of hydrogen-bond acceptors (Lipinski definition) is 4. The van der Waals surface area contributed by atoms with E-state index in [0.29, 0.717) is 34.0 Å². The fourth-order valence-corrected chi connectivity index (χ4v) is 4.65. The first-order valence-corrected chi connectivity index (χ1v) is 11.8. The van der Waals surface area contributed by atoms with E-state index in [-0.39, 0.29) is 17.0 Å². The zero-order valence-corrected chi connectivity index (χ0v) is 19.4. The van der Waals surface area contributed by atoms with E-state index in [0.717, 1.165) is 25.0 Å². The normalized spacial score (nSPS) is 16.3. The molecule has 6 nitrogen and oxygen atoms in total. The fourth-order valence-electron chi connectivity index (χ4n) is 3.44. The summed E-state index contributed by atoms with van der Waals surface area (Å²) in [6.07, 6.45) is 3.96. The minimum absolute atomic E-state index is 0.0966. The van der Waals surface area contributed by atoms with Gasteiger partial charge in [-0.05, 0) is 48.7 Å². The second-order valence-corrected chi connectivity index (χ2v) is 9.12. The van der Waals surface area contributed by atoms with E-state index in [4.69, 9.17) is 27.9 Å². The molecule has 0 bridgehead atoms. The molecular formula is C23H21Cl2N3O3S. The third kappa shape index (κ3) is 5.66. The maximum atomic E-state index is 12.6. The van der Waals surface area contributed by atoms with Gasteiger partial charge in [-0.25, -0.2) is 0 Å². The second kappa shape index (κ2) is 10.4. The Kier molecular flexibility index (Phi) is 7.42. The number of amides is 2. The van der Waals surface area contributed by atoms with Crippen molar-refractivity contribution in [3.8, 4) is 0 Å². The molecule has 2 amide bonds. The zero-order valence-electron chi connectivity index (χ0n) is 17.1. The molecule has 9 heteroatoms. The Morgan fingerprint density at radius 2 is 2.09 bits per heavy atom. The van der Waals surface area contributed by atoms with Crippen LogP contribution in [0.4, 0.5) is 0 Å². The van der Waals surface area contributed by atoms with Crippen LogP contribution < -0.4 is 10.1 Å². The number of rotatable bonds is 6. The first kappa shape index (κ1) is 22.7. The van der Waals surface area contributed by atoms with Crippen LogP contribution in [0.25, 0.3) is 0 Å². The summed E-state index contributed by atoms with van der Waals surface area (Å²) in [5, 5.41) is 5.51. The van der Waals surface area contributed by atoms with Crippen LogP contribution in [-0.2, 0) is 11.3 Å². The molecule has 0 radical (unpaired) electrons. The molecule has 4 rings (SSSR count). The van der Waals surface area contributed by atoms with Crippen molar-refractivity contribution in [2.75, 3.05) is 13.2 Å². The van der Waals surface area contributed by atoms with Crippen LogP contribution in [0.15, 0.2) is 59.0 Å². The minimum Gasteiger partial charge on any atom is -0.376 e. The summed E-state index contributed by atoms with van der Waals surface area (Å²) in [4.78, 5) is 29.9. The predicted molar refractivity (Wildman–Crippen MR) is 126 cm³/mol. The first-order valence-electron chi connectivity index (χ1n) is 10.2. The van der Waals surface area contributed by atoms with Crippen LogP contribution in [0.5, 0.6) is 0 Å². The Morgan fingerprint density at radius 3 is 2.88 bits per heavy atom. The molecule has 1 aliphatic heterocycles. The Balaban J connectivity index is 1.48. The Hall–Kier alpha value is -2.45. The number of ether oxygens (including phenoxy) is 1. The van der Waals surface area contributed by atoms with Crippen molar-refractivity contribution in [3.05, 3.63) is 85.6 Å². The highest BCUT2D eigenvalue weighted by Gasteiger charge is 2.17. The first-order chi connectivity index (χ1) is 15.5. The Bertz CT molecular complexity index is 1200. The number of halogens is 2. The lowest BCUT2D eigenvalue weighted by Crippen LogP contribution is -2.31. The average Bonchev–Trinajstić information content (AvgIpc) is 3.44. The number of nitrogens with zero attached hydrogens (tertiary/aromatic N) is 2. The predicted octanol–water partition coefficient (Wildman–Crippen LogP) is 4.55. The molecule has 3 aromatic rings. The van der Waals surface area contributed by atoms with Gasteiger partial charge >= 0.3 is 0 Å². The van der Waals surface area contributed by atoms with Gasteiger partial charge in [0, 0.05) is 41.9 Å². The van der Waals surface area contributed by atoms with Crippen molar-refractivity contribution in [2.45, 2.75) is 25.5 Å². The molecule has 1 saturated heterocycles. The van der Waals surface area contributed by atoms with Gasteiger partial charge in [0.25, 0.3) is 11.8 Å². The minimum atomic E-state index is -0.440. The summed E-state index contributed by atoms with van der Waals surface area (Å²) < 4.78 is 7.41. The molecule has 1 aromatic heterocycles. The van der Waals surface area contributed by atoms with Crippen LogP contribution in [0, 0.1) is 0 Å². The van der Waals surface area contributed by atoms with Crippen molar-refractivity contribution in [1.82, 2.24) is 9.88 Å². The average molecular weight is 490 g/mol. The van der Waals surface area contributed by atoms with Gasteiger partial charge in [-0.1, -0.05) is 35.3 Å².